The standard InChI is InChI=1S/C22H23NO5/c1-2-4-18-16(3-1)22(13-23(18)11-15-12-24-5-6-25-15)14-28-19-10-21-20(9-17(19)22)26-7-8-27-21/h1-4,9-10,15H,5-8,11-14H2. The summed E-state index contributed by atoms with van der Waals surface area (Å²) in [5.74, 6) is 2.49. The number of ether oxygens (including phenoxy) is 5. The van der Waals surface area contributed by atoms with Gasteiger partial charge in [0.15, 0.2) is 11.5 Å². The zero-order chi connectivity index (χ0) is 18.6. The van der Waals surface area contributed by atoms with Gasteiger partial charge in [-0.25, -0.2) is 0 Å². The molecule has 2 aromatic carbocycles. The van der Waals surface area contributed by atoms with Crippen molar-refractivity contribution in [2.24, 2.45) is 0 Å². The molecule has 6 rings (SSSR count). The average Bonchev–Trinajstić information content (AvgIpc) is 3.26. The van der Waals surface area contributed by atoms with E-state index < -0.39 is 0 Å². The van der Waals surface area contributed by atoms with E-state index in [0.717, 1.165) is 30.3 Å². The molecule has 1 fully saturated rings. The van der Waals surface area contributed by atoms with Crippen LogP contribution in [0, 0.1) is 0 Å². The van der Waals surface area contributed by atoms with Crippen LogP contribution in [0.5, 0.6) is 17.2 Å². The van der Waals surface area contributed by atoms with E-state index >= 15 is 0 Å². The van der Waals surface area contributed by atoms with E-state index in [0.29, 0.717) is 39.6 Å². The Bertz CT molecular complexity index is 910. The molecule has 0 radical (unpaired) electrons. The lowest BCUT2D eigenvalue weighted by Crippen LogP contribution is -2.43. The second kappa shape index (κ2) is 6.29. The van der Waals surface area contributed by atoms with E-state index in [2.05, 4.69) is 35.2 Å². The molecule has 2 unspecified atom stereocenters. The molecule has 0 N–H and O–H groups in total. The van der Waals surface area contributed by atoms with Crippen molar-refractivity contribution >= 4 is 5.69 Å². The Morgan fingerprint density at radius 1 is 0.893 bits per heavy atom. The molecule has 1 spiro atoms. The first-order chi connectivity index (χ1) is 13.8. The van der Waals surface area contributed by atoms with Gasteiger partial charge >= 0.3 is 0 Å². The topological polar surface area (TPSA) is 49.4 Å². The van der Waals surface area contributed by atoms with E-state index in [1.54, 1.807) is 0 Å². The summed E-state index contributed by atoms with van der Waals surface area (Å²) in [6.07, 6.45) is 0.0963. The van der Waals surface area contributed by atoms with Crippen LogP contribution < -0.4 is 19.1 Å². The van der Waals surface area contributed by atoms with Crippen LogP contribution in [0.4, 0.5) is 5.69 Å². The van der Waals surface area contributed by atoms with Gasteiger partial charge < -0.3 is 28.6 Å². The third kappa shape index (κ3) is 2.41. The molecule has 6 heteroatoms. The monoisotopic (exact) mass is 381 g/mol. The zero-order valence-corrected chi connectivity index (χ0v) is 15.7. The normalized spacial score (nSPS) is 27.4. The molecule has 4 heterocycles. The molecule has 0 amide bonds. The van der Waals surface area contributed by atoms with Crippen molar-refractivity contribution in [3.05, 3.63) is 47.5 Å². The van der Waals surface area contributed by atoms with Gasteiger partial charge in [-0.05, 0) is 17.7 Å². The van der Waals surface area contributed by atoms with Crippen LogP contribution in [0.25, 0.3) is 0 Å². The van der Waals surface area contributed by atoms with Gasteiger partial charge in [-0.2, -0.15) is 0 Å². The van der Waals surface area contributed by atoms with Gasteiger partial charge in [-0.3, -0.25) is 0 Å². The lowest BCUT2D eigenvalue weighted by molar-refractivity contribution is -0.0840. The molecule has 2 aromatic rings. The highest BCUT2D eigenvalue weighted by Crippen LogP contribution is 2.54. The Kier molecular flexibility index (Phi) is 3.71. The molecule has 0 saturated carbocycles. The van der Waals surface area contributed by atoms with E-state index in [9.17, 15) is 0 Å². The predicted octanol–water partition coefficient (Wildman–Crippen LogP) is 2.37. The van der Waals surface area contributed by atoms with E-state index in [1.165, 1.54) is 16.8 Å². The van der Waals surface area contributed by atoms with Crippen LogP contribution in [0.15, 0.2) is 36.4 Å². The Balaban J connectivity index is 1.40. The molecule has 2 atom stereocenters. The smallest absolute Gasteiger partial charge is 0.165 e. The largest absolute Gasteiger partial charge is 0.492 e. The SMILES string of the molecule is c1ccc2c(c1)N(CC1COCCO1)CC21COc2cc3c(cc21)OCCO3. The van der Waals surface area contributed by atoms with E-state index in [4.69, 9.17) is 23.7 Å². The minimum Gasteiger partial charge on any atom is -0.492 e. The third-order valence-electron chi connectivity index (χ3n) is 6.16. The Morgan fingerprint density at radius 3 is 2.61 bits per heavy atom. The number of benzene rings is 2. The van der Waals surface area contributed by atoms with Crippen molar-refractivity contribution in [3.63, 3.8) is 0 Å². The maximum atomic E-state index is 6.18. The van der Waals surface area contributed by atoms with Crippen LogP contribution in [0.2, 0.25) is 0 Å². The summed E-state index contributed by atoms with van der Waals surface area (Å²) >= 11 is 0. The van der Waals surface area contributed by atoms with Gasteiger partial charge in [0.2, 0.25) is 0 Å². The molecule has 0 aliphatic carbocycles. The van der Waals surface area contributed by atoms with Crippen LogP contribution in [-0.4, -0.2) is 58.8 Å². The number of rotatable bonds is 2. The van der Waals surface area contributed by atoms with Crippen LogP contribution >= 0.6 is 0 Å². The summed E-state index contributed by atoms with van der Waals surface area (Å²) in [6, 6.07) is 12.7. The van der Waals surface area contributed by atoms with Crippen LogP contribution in [-0.2, 0) is 14.9 Å². The first-order valence-electron chi connectivity index (χ1n) is 9.94. The van der Waals surface area contributed by atoms with Crippen LogP contribution in [0.3, 0.4) is 0 Å². The average molecular weight is 381 g/mol. The highest BCUT2D eigenvalue weighted by molar-refractivity contribution is 5.70. The second-order valence-electron chi connectivity index (χ2n) is 7.83. The molecule has 0 bridgehead atoms. The summed E-state index contributed by atoms with van der Waals surface area (Å²) in [5, 5.41) is 0. The highest BCUT2D eigenvalue weighted by Gasteiger charge is 2.50. The van der Waals surface area contributed by atoms with Crippen LogP contribution in [0.1, 0.15) is 11.1 Å². The maximum Gasteiger partial charge on any atom is 0.165 e. The summed E-state index contributed by atoms with van der Waals surface area (Å²) in [6.45, 7) is 5.47. The molecule has 4 aliphatic heterocycles. The highest BCUT2D eigenvalue weighted by atomic mass is 16.6. The van der Waals surface area contributed by atoms with Crippen molar-refractivity contribution in [1.82, 2.24) is 0 Å². The molecule has 146 valence electrons. The number of hydrogen-bond donors (Lipinski definition) is 0. The fourth-order valence-electron chi connectivity index (χ4n) is 4.90. The van der Waals surface area contributed by atoms with Crippen molar-refractivity contribution in [1.29, 1.82) is 0 Å². The van der Waals surface area contributed by atoms with Crippen molar-refractivity contribution < 1.29 is 23.7 Å². The third-order valence-corrected chi connectivity index (χ3v) is 6.16. The lowest BCUT2D eigenvalue weighted by atomic mass is 9.77. The summed E-state index contributed by atoms with van der Waals surface area (Å²) in [5.41, 5.74) is 3.55. The van der Waals surface area contributed by atoms with Gasteiger partial charge in [-0.1, -0.05) is 18.2 Å². The molecule has 4 aliphatic rings. The van der Waals surface area contributed by atoms with Gasteiger partial charge in [0, 0.05) is 30.4 Å². The van der Waals surface area contributed by atoms with Crippen molar-refractivity contribution in [2.45, 2.75) is 11.5 Å². The van der Waals surface area contributed by atoms with E-state index in [-0.39, 0.29) is 11.5 Å². The molecule has 6 nitrogen and oxygen atoms in total. The minimum atomic E-state index is -0.197. The Hall–Kier alpha value is -2.44. The van der Waals surface area contributed by atoms with E-state index in [1.807, 2.05) is 6.07 Å². The second-order valence-corrected chi connectivity index (χ2v) is 7.83. The molecular formula is C22H23NO5. The van der Waals surface area contributed by atoms with Gasteiger partial charge in [0.25, 0.3) is 0 Å². The maximum absolute atomic E-state index is 6.18. The van der Waals surface area contributed by atoms with Crippen molar-refractivity contribution in [2.75, 3.05) is 57.6 Å². The minimum absolute atomic E-state index is 0.0963. The fraction of sp³-hybridized carbons (Fsp3) is 0.455. The first-order valence-corrected chi connectivity index (χ1v) is 9.94. The number of fused-ring (bicyclic) bond motifs is 5. The number of hydrogen-bond acceptors (Lipinski definition) is 6. The number of nitrogens with zero attached hydrogens (tertiary/aromatic N) is 1. The molecular weight excluding hydrogens is 358 g/mol. The van der Waals surface area contributed by atoms with Gasteiger partial charge in [0.05, 0.1) is 31.3 Å². The number of anilines is 1. The summed E-state index contributed by atoms with van der Waals surface area (Å²) in [7, 11) is 0. The quantitative estimate of drug-likeness (QED) is 0.796. The van der Waals surface area contributed by atoms with Gasteiger partial charge in [-0.15, -0.1) is 0 Å². The van der Waals surface area contributed by atoms with Crippen molar-refractivity contribution in [3.8, 4) is 17.2 Å². The molecule has 1 saturated heterocycles. The fourth-order valence-corrected chi connectivity index (χ4v) is 4.90. The lowest BCUT2D eigenvalue weighted by Gasteiger charge is -2.30. The molecule has 0 aromatic heterocycles. The Morgan fingerprint density at radius 2 is 1.75 bits per heavy atom. The van der Waals surface area contributed by atoms with Gasteiger partial charge in [0.1, 0.15) is 25.6 Å². The zero-order valence-electron chi connectivity index (χ0n) is 15.7. The Labute approximate surface area is 163 Å². The predicted molar refractivity (Wildman–Crippen MR) is 103 cm³/mol. The molecule has 28 heavy (non-hydrogen) atoms. The summed E-state index contributed by atoms with van der Waals surface area (Å²) < 4.78 is 29.3. The first kappa shape index (κ1) is 16.5. The summed E-state index contributed by atoms with van der Waals surface area (Å²) in [4.78, 5) is 2.42. The number of para-hydroxylation sites is 1.